The third kappa shape index (κ3) is 3.30. The van der Waals surface area contributed by atoms with Crippen LogP contribution in [0, 0.1) is 6.92 Å². The van der Waals surface area contributed by atoms with Crippen LogP contribution in [-0.4, -0.2) is 28.6 Å². The molecule has 0 amide bonds. The van der Waals surface area contributed by atoms with Crippen molar-refractivity contribution < 1.29 is 13.2 Å². The van der Waals surface area contributed by atoms with Crippen LogP contribution in [0.4, 0.5) is 11.4 Å². The number of sulfonamides is 1. The molecule has 1 aliphatic heterocycles. The molecule has 0 aliphatic carbocycles. The number of halogens is 1. The first-order valence-corrected chi connectivity index (χ1v) is 9.41. The van der Waals surface area contributed by atoms with Gasteiger partial charge in [-0.15, -0.1) is 0 Å². The number of likely N-dealkylation sites (N-methyl/N-ethyl adjacent to an activating group) is 1. The number of hydrogen-bond acceptors (Lipinski definition) is 4. The van der Waals surface area contributed by atoms with E-state index in [2.05, 4.69) is 20.7 Å². The maximum absolute atomic E-state index is 12.6. The SMILES string of the molecule is Cc1cc(NS(=O)(=O)c2ccc3c(c2)OCCN3C)ccc1Br. The van der Waals surface area contributed by atoms with Gasteiger partial charge in [0.2, 0.25) is 0 Å². The minimum Gasteiger partial charge on any atom is -0.490 e. The van der Waals surface area contributed by atoms with Crippen LogP contribution in [0.3, 0.4) is 0 Å². The lowest BCUT2D eigenvalue weighted by atomic mass is 10.2. The number of nitrogens with one attached hydrogen (secondary N) is 1. The van der Waals surface area contributed by atoms with E-state index in [9.17, 15) is 8.42 Å². The molecule has 23 heavy (non-hydrogen) atoms. The fourth-order valence-corrected chi connectivity index (χ4v) is 3.74. The number of fused-ring (bicyclic) bond motifs is 1. The summed E-state index contributed by atoms with van der Waals surface area (Å²) in [5.74, 6) is 0.591. The Morgan fingerprint density at radius 1 is 1.22 bits per heavy atom. The van der Waals surface area contributed by atoms with E-state index in [1.54, 1.807) is 30.3 Å². The lowest BCUT2D eigenvalue weighted by Crippen LogP contribution is -2.29. The number of benzene rings is 2. The second-order valence-electron chi connectivity index (χ2n) is 5.47. The molecule has 5 nitrogen and oxygen atoms in total. The highest BCUT2D eigenvalue weighted by atomic mass is 79.9. The van der Waals surface area contributed by atoms with E-state index < -0.39 is 10.0 Å². The van der Waals surface area contributed by atoms with Gasteiger partial charge in [0, 0.05) is 23.3 Å². The minimum atomic E-state index is -3.66. The van der Waals surface area contributed by atoms with Crippen LogP contribution in [-0.2, 0) is 10.0 Å². The summed E-state index contributed by atoms with van der Waals surface area (Å²) in [5.41, 5.74) is 2.39. The molecular weight excluding hydrogens is 380 g/mol. The van der Waals surface area contributed by atoms with Crippen LogP contribution >= 0.6 is 15.9 Å². The van der Waals surface area contributed by atoms with E-state index in [4.69, 9.17) is 4.74 Å². The highest BCUT2D eigenvalue weighted by Gasteiger charge is 2.20. The second kappa shape index (κ2) is 6.05. The van der Waals surface area contributed by atoms with Crippen molar-refractivity contribution in [3.8, 4) is 5.75 Å². The summed E-state index contributed by atoms with van der Waals surface area (Å²) in [6.45, 7) is 3.24. The van der Waals surface area contributed by atoms with Gasteiger partial charge in [0.15, 0.2) is 0 Å². The summed E-state index contributed by atoms with van der Waals surface area (Å²) in [7, 11) is -1.70. The summed E-state index contributed by atoms with van der Waals surface area (Å²) < 4.78 is 34.3. The van der Waals surface area contributed by atoms with Crippen LogP contribution < -0.4 is 14.4 Å². The Hall–Kier alpha value is -1.73. The fraction of sp³-hybridized carbons (Fsp3) is 0.250. The van der Waals surface area contributed by atoms with Gasteiger partial charge in [0.05, 0.1) is 17.1 Å². The number of rotatable bonds is 3. The number of aryl methyl sites for hydroxylation is 1. The van der Waals surface area contributed by atoms with Gasteiger partial charge in [0.1, 0.15) is 12.4 Å². The molecule has 1 heterocycles. The van der Waals surface area contributed by atoms with Gasteiger partial charge in [-0.1, -0.05) is 15.9 Å². The van der Waals surface area contributed by atoms with E-state index in [0.29, 0.717) is 18.0 Å². The lowest BCUT2D eigenvalue weighted by Gasteiger charge is -2.27. The molecule has 122 valence electrons. The molecule has 1 N–H and O–H groups in total. The summed E-state index contributed by atoms with van der Waals surface area (Å²) in [6.07, 6.45) is 0. The molecule has 0 unspecified atom stereocenters. The van der Waals surface area contributed by atoms with Crippen molar-refractivity contribution in [3.63, 3.8) is 0 Å². The van der Waals surface area contributed by atoms with Crippen LogP contribution in [0.2, 0.25) is 0 Å². The Kier molecular flexibility index (Phi) is 4.25. The fourth-order valence-electron chi connectivity index (χ4n) is 2.43. The normalized spacial score (nSPS) is 14.1. The largest absolute Gasteiger partial charge is 0.490 e. The molecule has 0 spiro atoms. The zero-order valence-corrected chi connectivity index (χ0v) is 15.2. The first kappa shape index (κ1) is 16.1. The van der Waals surface area contributed by atoms with E-state index in [0.717, 1.165) is 22.3 Å². The van der Waals surface area contributed by atoms with E-state index in [-0.39, 0.29) is 4.90 Å². The predicted molar refractivity (Wildman–Crippen MR) is 94.9 cm³/mol. The highest BCUT2D eigenvalue weighted by molar-refractivity contribution is 9.10. The Morgan fingerprint density at radius 2 is 2.00 bits per heavy atom. The molecule has 7 heteroatoms. The number of hydrogen-bond donors (Lipinski definition) is 1. The molecular formula is C16H17BrN2O3S. The monoisotopic (exact) mass is 396 g/mol. The number of nitrogens with zero attached hydrogens (tertiary/aromatic N) is 1. The first-order chi connectivity index (χ1) is 10.9. The van der Waals surface area contributed by atoms with Gasteiger partial charge in [-0.2, -0.15) is 0 Å². The van der Waals surface area contributed by atoms with Crippen molar-refractivity contribution in [2.24, 2.45) is 0 Å². The van der Waals surface area contributed by atoms with Gasteiger partial charge >= 0.3 is 0 Å². The van der Waals surface area contributed by atoms with Crippen LogP contribution in [0.1, 0.15) is 5.56 Å². The van der Waals surface area contributed by atoms with Gasteiger partial charge < -0.3 is 9.64 Å². The number of ether oxygens (including phenoxy) is 1. The molecule has 0 saturated carbocycles. The predicted octanol–water partition coefficient (Wildman–Crippen LogP) is 3.39. The molecule has 2 aromatic carbocycles. The van der Waals surface area contributed by atoms with Crippen LogP contribution in [0.15, 0.2) is 45.8 Å². The smallest absolute Gasteiger partial charge is 0.262 e. The van der Waals surface area contributed by atoms with Gasteiger partial charge in [-0.3, -0.25) is 4.72 Å². The van der Waals surface area contributed by atoms with Gasteiger partial charge in [0.25, 0.3) is 10.0 Å². The zero-order chi connectivity index (χ0) is 16.6. The van der Waals surface area contributed by atoms with Gasteiger partial charge in [-0.25, -0.2) is 8.42 Å². The van der Waals surface area contributed by atoms with Crippen LogP contribution in [0.25, 0.3) is 0 Å². The maximum atomic E-state index is 12.6. The summed E-state index contributed by atoms with van der Waals surface area (Å²) in [5, 5.41) is 0. The van der Waals surface area contributed by atoms with Crippen molar-refractivity contribution in [1.29, 1.82) is 0 Å². The van der Waals surface area contributed by atoms with E-state index in [1.807, 2.05) is 24.9 Å². The van der Waals surface area contributed by atoms with Gasteiger partial charge in [-0.05, 0) is 42.8 Å². The number of anilines is 2. The Balaban J connectivity index is 1.92. The topological polar surface area (TPSA) is 58.6 Å². The van der Waals surface area contributed by atoms with E-state index in [1.165, 1.54) is 0 Å². The van der Waals surface area contributed by atoms with E-state index >= 15 is 0 Å². The lowest BCUT2D eigenvalue weighted by molar-refractivity contribution is 0.310. The Morgan fingerprint density at radius 3 is 2.74 bits per heavy atom. The molecule has 2 aromatic rings. The summed E-state index contributed by atoms with van der Waals surface area (Å²) in [6, 6.07) is 10.3. The Labute approximate surface area is 144 Å². The molecule has 0 radical (unpaired) electrons. The summed E-state index contributed by atoms with van der Waals surface area (Å²) >= 11 is 3.40. The Bertz CT molecular complexity index is 852. The minimum absolute atomic E-state index is 0.187. The quantitative estimate of drug-likeness (QED) is 0.863. The van der Waals surface area contributed by atoms with Crippen molar-refractivity contribution in [2.75, 3.05) is 29.8 Å². The zero-order valence-electron chi connectivity index (χ0n) is 12.8. The first-order valence-electron chi connectivity index (χ1n) is 7.14. The average Bonchev–Trinajstić information content (AvgIpc) is 2.51. The summed E-state index contributed by atoms with van der Waals surface area (Å²) in [4.78, 5) is 2.23. The average molecular weight is 397 g/mol. The van der Waals surface area contributed by atoms with Crippen molar-refractivity contribution in [2.45, 2.75) is 11.8 Å². The molecule has 0 fully saturated rings. The molecule has 0 atom stereocenters. The molecule has 0 bridgehead atoms. The molecule has 1 aliphatic rings. The van der Waals surface area contributed by atoms with Crippen molar-refractivity contribution >= 4 is 37.3 Å². The van der Waals surface area contributed by atoms with Crippen LogP contribution in [0.5, 0.6) is 5.75 Å². The highest BCUT2D eigenvalue weighted by Crippen LogP contribution is 2.33. The third-order valence-corrected chi connectivity index (χ3v) is 6.02. The molecule has 0 aromatic heterocycles. The third-order valence-electron chi connectivity index (χ3n) is 3.75. The van der Waals surface area contributed by atoms with Crippen molar-refractivity contribution in [1.82, 2.24) is 0 Å². The van der Waals surface area contributed by atoms with Crippen molar-refractivity contribution in [3.05, 3.63) is 46.4 Å². The molecule has 3 rings (SSSR count). The maximum Gasteiger partial charge on any atom is 0.262 e. The standard InChI is InChI=1S/C16H17BrN2O3S/c1-11-9-12(3-5-14(11)17)18-23(20,21)13-4-6-15-16(10-13)22-8-7-19(15)2/h3-6,9-10,18H,7-8H2,1-2H3. The molecule has 0 saturated heterocycles. The second-order valence-corrected chi connectivity index (χ2v) is 8.01.